The van der Waals surface area contributed by atoms with E-state index in [1.54, 1.807) is 13.4 Å². The molecule has 0 radical (unpaired) electrons. The fraction of sp³-hybridized carbons (Fsp3) is 0.714. The van der Waals surface area contributed by atoms with Crippen LogP contribution in [0.2, 0.25) is 0 Å². The number of allylic oxidation sites excluding steroid dienone is 2. The average molecular weight is 237 g/mol. The normalized spacial score (nSPS) is 26.9. The van der Waals surface area contributed by atoms with Gasteiger partial charge in [0.05, 0.1) is 0 Å². The van der Waals surface area contributed by atoms with E-state index < -0.39 is 0 Å². The summed E-state index contributed by atoms with van der Waals surface area (Å²) >= 11 is 0. The molecule has 0 bridgehead atoms. The lowest BCUT2D eigenvalue weighted by atomic mass is 9.94. The first-order valence-corrected chi connectivity index (χ1v) is 6.61. The first-order chi connectivity index (χ1) is 8.20. The topological polar surface area (TPSA) is 36.8 Å². The molecule has 0 saturated carbocycles. The zero-order valence-corrected chi connectivity index (χ0v) is 12.1. The maximum atomic E-state index is 4.15. The molecule has 0 aromatic rings. The minimum Gasteiger partial charge on any atom is -0.388 e. The summed E-state index contributed by atoms with van der Waals surface area (Å²) in [5.74, 6) is 1.33. The lowest BCUT2D eigenvalue weighted by molar-refractivity contribution is 0.517. The zero-order valence-electron chi connectivity index (χ0n) is 12.1. The molecule has 0 aliphatic carbocycles. The van der Waals surface area contributed by atoms with Crippen molar-refractivity contribution in [1.29, 1.82) is 0 Å². The molecule has 0 spiro atoms. The molecule has 1 N–H and O–H groups in total. The van der Waals surface area contributed by atoms with Crippen molar-refractivity contribution in [3.05, 3.63) is 11.3 Å². The second kappa shape index (κ2) is 8.97. The molecule has 1 heterocycles. The molecule has 1 aliphatic heterocycles. The van der Waals surface area contributed by atoms with E-state index in [4.69, 9.17) is 0 Å². The molecule has 0 amide bonds. The minimum atomic E-state index is 0.616. The summed E-state index contributed by atoms with van der Waals surface area (Å²) in [6.07, 6.45) is 4.52. The van der Waals surface area contributed by atoms with Gasteiger partial charge in [-0.1, -0.05) is 34.6 Å². The summed E-state index contributed by atoms with van der Waals surface area (Å²) in [5, 5.41) is 3.48. The highest BCUT2D eigenvalue weighted by Crippen LogP contribution is 2.27. The summed E-state index contributed by atoms with van der Waals surface area (Å²) in [7, 11) is 1.73. The van der Waals surface area contributed by atoms with Crippen molar-refractivity contribution in [2.45, 2.75) is 41.0 Å². The van der Waals surface area contributed by atoms with Crippen LogP contribution in [0, 0.1) is 11.8 Å². The maximum Gasteiger partial charge on any atom is 0.109 e. The van der Waals surface area contributed by atoms with Gasteiger partial charge >= 0.3 is 0 Å². The van der Waals surface area contributed by atoms with Crippen LogP contribution in [0.3, 0.4) is 0 Å². The van der Waals surface area contributed by atoms with Crippen LogP contribution in [-0.4, -0.2) is 26.1 Å². The van der Waals surface area contributed by atoms with Crippen molar-refractivity contribution < 1.29 is 0 Å². The average Bonchev–Trinajstić information content (AvgIpc) is 2.69. The van der Waals surface area contributed by atoms with E-state index in [2.05, 4.69) is 36.1 Å². The van der Waals surface area contributed by atoms with Gasteiger partial charge in [-0.05, 0) is 17.9 Å². The third kappa shape index (κ3) is 4.72. The predicted molar refractivity (Wildman–Crippen MR) is 77.9 cm³/mol. The molecular weight excluding hydrogens is 210 g/mol. The molecule has 2 unspecified atom stereocenters. The summed E-state index contributed by atoms with van der Waals surface area (Å²) in [4.78, 5) is 7.99. The maximum absolute atomic E-state index is 4.15. The molecule has 0 aromatic heterocycles. The van der Waals surface area contributed by atoms with Gasteiger partial charge in [0.15, 0.2) is 0 Å². The van der Waals surface area contributed by atoms with E-state index in [0.29, 0.717) is 5.92 Å². The SMILES string of the molecule is CC.CC/C(C=NC=NC)=C1\NCC(C)C1C. The van der Waals surface area contributed by atoms with Crippen molar-refractivity contribution in [2.24, 2.45) is 21.8 Å². The van der Waals surface area contributed by atoms with Crippen molar-refractivity contribution >= 4 is 12.6 Å². The van der Waals surface area contributed by atoms with Gasteiger partial charge in [-0.2, -0.15) is 0 Å². The Bertz CT molecular complexity index is 290. The van der Waals surface area contributed by atoms with Crippen molar-refractivity contribution in [2.75, 3.05) is 13.6 Å². The predicted octanol–water partition coefficient (Wildman–Crippen LogP) is 3.28. The van der Waals surface area contributed by atoms with Crippen LogP contribution < -0.4 is 5.32 Å². The molecule has 3 heteroatoms. The van der Waals surface area contributed by atoms with Crippen LogP contribution in [0.1, 0.15) is 41.0 Å². The standard InChI is InChI=1S/C12H21N3.C2H6/c1-5-11(7-14-8-13-4)12-10(3)9(2)6-15-12;1-2/h7-10,15H,5-6H2,1-4H3;1-2H3/b12-11+,13-8?,14-7?;. The van der Waals surface area contributed by atoms with E-state index in [0.717, 1.165) is 18.9 Å². The lowest BCUT2D eigenvalue weighted by Gasteiger charge is -2.11. The van der Waals surface area contributed by atoms with Gasteiger partial charge in [0.1, 0.15) is 6.34 Å². The number of nitrogens with one attached hydrogen (secondary N) is 1. The van der Waals surface area contributed by atoms with Crippen LogP contribution in [0.5, 0.6) is 0 Å². The summed E-state index contributed by atoms with van der Waals surface area (Å²) < 4.78 is 0. The first-order valence-electron chi connectivity index (χ1n) is 6.61. The highest BCUT2D eigenvalue weighted by molar-refractivity contribution is 5.85. The highest BCUT2D eigenvalue weighted by atomic mass is 14.9. The Morgan fingerprint density at radius 2 is 2.06 bits per heavy atom. The molecular formula is C14H27N3. The third-order valence-corrected chi connectivity index (χ3v) is 3.06. The fourth-order valence-electron chi connectivity index (χ4n) is 1.84. The van der Waals surface area contributed by atoms with E-state index in [1.165, 1.54) is 11.3 Å². The van der Waals surface area contributed by atoms with Gasteiger partial charge < -0.3 is 5.32 Å². The first kappa shape index (κ1) is 15.9. The number of rotatable bonds is 3. The summed E-state index contributed by atoms with van der Waals surface area (Å²) in [6.45, 7) is 11.8. The quantitative estimate of drug-likeness (QED) is 0.593. The molecule has 2 atom stereocenters. The largest absolute Gasteiger partial charge is 0.388 e. The minimum absolute atomic E-state index is 0.616. The smallest absolute Gasteiger partial charge is 0.109 e. The van der Waals surface area contributed by atoms with Gasteiger partial charge in [0, 0.05) is 31.4 Å². The Hall–Kier alpha value is -1.12. The highest BCUT2D eigenvalue weighted by Gasteiger charge is 2.25. The molecule has 3 nitrogen and oxygen atoms in total. The monoisotopic (exact) mass is 237 g/mol. The third-order valence-electron chi connectivity index (χ3n) is 3.06. The number of aliphatic imine (C=N–C) groups is 2. The van der Waals surface area contributed by atoms with Gasteiger partial charge in [0.2, 0.25) is 0 Å². The molecule has 1 aliphatic rings. The summed E-state index contributed by atoms with van der Waals surface area (Å²) in [6, 6.07) is 0. The Morgan fingerprint density at radius 3 is 2.47 bits per heavy atom. The Kier molecular flexibility index (Phi) is 8.38. The van der Waals surface area contributed by atoms with Crippen LogP contribution in [0.25, 0.3) is 0 Å². The van der Waals surface area contributed by atoms with Crippen molar-refractivity contribution in [1.82, 2.24) is 5.32 Å². The van der Waals surface area contributed by atoms with Crippen molar-refractivity contribution in [3.8, 4) is 0 Å². The Balaban J connectivity index is 0.00000121. The summed E-state index contributed by atoms with van der Waals surface area (Å²) in [5.41, 5.74) is 2.66. The van der Waals surface area contributed by atoms with Gasteiger partial charge in [-0.3, -0.25) is 4.99 Å². The van der Waals surface area contributed by atoms with E-state index in [9.17, 15) is 0 Å². The second-order valence-electron chi connectivity index (χ2n) is 4.09. The Morgan fingerprint density at radius 1 is 1.41 bits per heavy atom. The molecule has 17 heavy (non-hydrogen) atoms. The lowest BCUT2D eigenvalue weighted by Crippen LogP contribution is -2.10. The molecule has 1 rings (SSSR count). The van der Waals surface area contributed by atoms with Gasteiger partial charge in [-0.15, -0.1) is 0 Å². The fourth-order valence-corrected chi connectivity index (χ4v) is 1.84. The van der Waals surface area contributed by atoms with Crippen LogP contribution in [0.4, 0.5) is 0 Å². The van der Waals surface area contributed by atoms with Gasteiger partial charge in [0.25, 0.3) is 0 Å². The van der Waals surface area contributed by atoms with Crippen molar-refractivity contribution in [3.63, 3.8) is 0 Å². The Labute approximate surface area is 106 Å². The molecule has 98 valence electrons. The number of hydrogen-bond acceptors (Lipinski definition) is 2. The van der Waals surface area contributed by atoms with Crippen LogP contribution in [-0.2, 0) is 0 Å². The second-order valence-corrected chi connectivity index (χ2v) is 4.09. The molecule has 1 fully saturated rings. The van der Waals surface area contributed by atoms with E-state index in [1.807, 2.05) is 20.1 Å². The molecule has 0 aromatic carbocycles. The van der Waals surface area contributed by atoms with E-state index >= 15 is 0 Å². The van der Waals surface area contributed by atoms with Gasteiger partial charge in [-0.25, -0.2) is 4.99 Å². The van der Waals surface area contributed by atoms with E-state index in [-0.39, 0.29) is 0 Å². The zero-order chi connectivity index (χ0) is 13.3. The number of nitrogens with zero attached hydrogens (tertiary/aromatic N) is 2. The van der Waals surface area contributed by atoms with Crippen LogP contribution in [0.15, 0.2) is 21.3 Å². The number of hydrogen-bond donors (Lipinski definition) is 1. The van der Waals surface area contributed by atoms with Crippen LogP contribution >= 0.6 is 0 Å². The molecule has 1 saturated heterocycles.